The first-order chi connectivity index (χ1) is 7.91. The van der Waals surface area contributed by atoms with Crippen LogP contribution in [0.3, 0.4) is 0 Å². The lowest BCUT2D eigenvalue weighted by Crippen LogP contribution is -2.16. The van der Waals surface area contributed by atoms with Gasteiger partial charge in [0.1, 0.15) is 5.82 Å². The molecule has 0 heterocycles. The molecule has 0 aliphatic carbocycles. The molecule has 0 aromatic heterocycles. The Hall–Kier alpha value is -1.95. The molecule has 1 rings (SSSR count). The predicted molar refractivity (Wildman–Crippen MR) is 57.2 cm³/mol. The minimum Gasteiger partial charge on any atom is -0.481 e. The third-order valence-electron chi connectivity index (χ3n) is 2.31. The fraction of sp³-hybridized carbons (Fsp3) is 0.273. The molecule has 0 saturated heterocycles. The molecule has 1 aromatic carbocycles. The summed E-state index contributed by atoms with van der Waals surface area (Å²) in [5.41, 5.74) is 5.69. The lowest BCUT2D eigenvalue weighted by atomic mass is 9.97. The summed E-state index contributed by atoms with van der Waals surface area (Å²) < 4.78 is 12.9. The number of nitrogens with two attached hydrogens (primary N) is 1. The molecule has 0 radical (unpaired) electrons. The zero-order valence-electron chi connectivity index (χ0n) is 8.89. The number of carboxylic acids is 2. The summed E-state index contributed by atoms with van der Waals surface area (Å²) >= 11 is 0. The van der Waals surface area contributed by atoms with Gasteiger partial charge < -0.3 is 15.9 Å². The van der Waals surface area contributed by atoms with Crippen LogP contribution in [0.4, 0.5) is 4.39 Å². The average molecular weight is 241 g/mol. The lowest BCUT2D eigenvalue weighted by Gasteiger charge is -2.13. The van der Waals surface area contributed by atoms with E-state index in [0.29, 0.717) is 0 Å². The minimum atomic E-state index is -1.29. The SMILES string of the molecule is NC(CCC(=O)O)c1ccc(F)cc1C(=O)O. The fourth-order valence-electron chi connectivity index (χ4n) is 1.47. The maximum Gasteiger partial charge on any atom is 0.336 e. The van der Waals surface area contributed by atoms with Crippen LogP contribution in [-0.4, -0.2) is 22.2 Å². The van der Waals surface area contributed by atoms with E-state index in [2.05, 4.69) is 0 Å². The molecule has 0 amide bonds. The Bertz CT molecular complexity index is 447. The molecule has 1 aromatic rings. The van der Waals surface area contributed by atoms with Crippen molar-refractivity contribution >= 4 is 11.9 Å². The molecule has 0 fully saturated rings. The minimum absolute atomic E-state index is 0.0985. The number of hydrogen-bond acceptors (Lipinski definition) is 3. The Kier molecular flexibility index (Phi) is 4.17. The third kappa shape index (κ3) is 3.53. The van der Waals surface area contributed by atoms with Crippen molar-refractivity contribution in [3.63, 3.8) is 0 Å². The van der Waals surface area contributed by atoms with Crippen LogP contribution in [0.15, 0.2) is 18.2 Å². The van der Waals surface area contributed by atoms with Crippen LogP contribution in [0.25, 0.3) is 0 Å². The molecule has 1 atom stereocenters. The number of carbonyl (C=O) groups is 2. The zero-order chi connectivity index (χ0) is 13.0. The smallest absolute Gasteiger partial charge is 0.336 e. The van der Waals surface area contributed by atoms with Crippen LogP contribution < -0.4 is 5.73 Å². The van der Waals surface area contributed by atoms with E-state index in [1.807, 2.05) is 0 Å². The van der Waals surface area contributed by atoms with Gasteiger partial charge in [-0.1, -0.05) is 6.07 Å². The van der Waals surface area contributed by atoms with E-state index >= 15 is 0 Å². The van der Waals surface area contributed by atoms with Crippen molar-refractivity contribution in [2.24, 2.45) is 5.73 Å². The average Bonchev–Trinajstić information content (AvgIpc) is 2.25. The van der Waals surface area contributed by atoms with Gasteiger partial charge in [-0.15, -0.1) is 0 Å². The molecule has 5 nitrogen and oxygen atoms in total. The first kappa shape index (κ1) is 13.1. The highest BCUT2D eigenvalue weighted by atomic mass is 19.1. The molecule has 0 bridgehead atoms. The van der Waals surface area contributed by atoms with E-state index in [0.717, 1.165) is 12.1 Å². The van der Waals surface area contributed by atoms with Crippen LogP contribution >= 0.6 is 0 Å². The van der Waals surface area contributed by atoms with Crippen LogP contribution in [0.5, 0.6) is 0 Å². The molecular formula is C11H12FNO4. The van der Waals surface area contributed by atoms with Crippen molar-refractivity contribution in [2.45, 2.75) is 18.9 Å². The monoisotopic (exact) mass is 241 g/mol. The highest BCUT2D eigenvalue weighted by molar-refractivity contribution is 5.89. The number of rotatable bonds is 5. The number of halogens is 1. The second kappa shape index (κ2) is 5.40. The summed E-state index contributed by atoms with van der Waals surface area (Å²) in [4.78, 5) is 21.3. The number of aromatic carboxylic acids is 1. The van der Waals surface area contributed by atoms with E-state index in [1.54, 1.807) is 0 Å². The van der Waals surface area contributed by atoms with Gasteiger partial charge in [-0.25, -0.2) is 9.18 Å². The maximum absolute atomic E-state index is 12.9. The summed E-state index contributed by atoms with van der Waals surface area (Å²) in [6.07, 6.45) is -0.0706. The molecule has 0 spiro atoms. The lowest BCUT2D eigenvalue weighted by molar-refractivity contribution is -0.137. The Morgan fingerprint density at radius 2 is 2.00 bits per heavy atom. The Labute approximate surface area is 96.7 Å². The van der Waals surface area contributed by atoms with E-state index in [4.69, 9.17) is 15.9 Å². The largest absolute Gasteiger partial charge is 0.481 e. The van der Waals surface area contributed by atoms with E-state index in [9.17, 15) is 14.0 Å². The summed E-state index contributed by atoms with van der Waals surface area (Å²) in [6.45, 7) is 0. The van der Waals surface area contributed by atoms with Gasteiger partial charge in [-0.3, -0.25) is 4.79 Å². The Morgan fingerprint density at radius 1 is 1.35 bits per heavy atom. The van der Waals surface area contributed by atoms with Crippen molar-refractivity contribution in [3.8, 4) is 0 Å². The highest BCUT2D eigenvalue weighted by Crippen LogP contribution is 2.21. The van der Waals surface area contributed by atoms with Gasteiger partial charge >= 0.3 is 11.9 Å². The van der Waals surface area contributed by atoms with Crippen molar-refractivity contribution in [1.82, 2.24) is 0 Å². The van der Waals surface area contributed by atoms with Gasteiger partial charge in [0.2, 0.25) is 0 Å². The molecule has 1 unspecified atom stereocenters. The first-order valence-corrected chi connectivity index (χ1v) is 4.92. The van der Waals surface area contributed by atoms with E-state index < -0.39 is 23.8 Å². The number of benzene rings is 1. The van der Waals surface area contributed by atoms with Gasteiger partial charge in [0, 0.05) is 12.5 Å². The standard InChI is InChI=1S/C11H12FNO4/c12-6-1-2-7(8(5-6)11(16)17)9(13)3-4-10(14)15/h1-2,5,9H,3-4,13H2,(H,14,15)(H,16,17). The molecular weight excluding hydrogens is 229 g/mol. The van der Waals surface area contributed by atoms with Crippen LogP contribution in [-0.2, 0) is 4.79 Å². The summed E-state index contributed by atoms with van der Waals surface area (Å²) in [6, 6.07) is 2.50. The highest BCUT2D eigenvalue weighted by Gasteiger charge is 2.17. The van der Waals surface area contributed by atoms with Gasteiger partial charge in [0.15, 0.2) is 0 Å². The fourth-order valence-corrected chi connectivity index (χ4v) is 1.47. The molecule has 0 aliphatic heterocycles. The zero-order valence-corrected chi connectivity index (χ0v) is 8.89. The molecule has 92 valence electrons. The normalized spacial score (nSPS) is 12.1. The van der Waals surface area contributed by atoms with Crippen molar-refractivity contribution in [3.05, 3.63) is 35.1 Å². The Morgan fingerprint density at radius 3 is 2.53 bits per heavy atom. The van der Waals surface area contributed by atoms with Crippen molar-refractivity contribution in [2.75, 3.05) is 0 Å². The quantitative estimate of drug-likeness (QED) is 0.723. The number of hydrogen-bond donors (Lipinski definition) is 3. The second-order valence-corrected chi connectivity index (χ2v) is 3.58. The molecule has 0 saturated carbocycles. The predicted octanol–water partition coefficient (Wildman–Crippen LogP) is 1.39. The summed E-state index contributed by atoms with van der Waals surface area (Å²) in [5, 5.41) is 17.4. The summed E-state index contributed by atoms with van der Waals surface area (Å²) in [7, 11) is 0. The van der Waals surface area contributed by atoms with E-state index in [-0.39, 0.29) is 24.0 Å². The molecule has 4 N–H and O–H groups in total. The second-order valence-electron chi connectivity index (χ2n) is 3.58. The van der Waals surface area contributed by atoms with Gasteiger partial charge in [0.05, 0.1) is 5.56 Å². The van der Waals surface area contributed by atoms with Crippen molar-refractivity contribution in [1.29, 1.82) is 0 Å². The number of carboxylic acid groups (broad SMARTS) is 2. The van der Waals surface area contributed by atoms with Gasteiger partial charge in [-0.2, -0.15) is 0 Å². The van der Waals surface area contributed by atoms with Gasteiger partial charge in [0.25, 0.3) is 0 Å². The number of aliphatic carboxylic acids is 1. The molecule has 17 heavy (non-hydrogen) atoms. The van der Waals surface area contributed by atoms with E-state index in [1.165, 1.54) is 6.07 Å². The van der Waals surface area contributed by atoms with Crippen molar-refractivity contribution < 1.29 is 24.2 Å². The van der Waals surface area contributed by atoms with Gasteiger partial charge in [-0.05, 0) is 24.1 Å². The van der Waals surface area contributed by atoms with Crippen LogP contribution in [0.1, 0.15) is 34.8 Å². The first-order valence-electron chi connectivity index (χ1n) is 4.92. The maximum atomic E-state index is 12.9. The topological polar surface area (TPSA) is 101 Å². The molecule has 0 aliphatic rings. The van der Waals surface area contributed by atoms with Crippen LogP contribution in [0.2, 0.25) is 0 Å². The molecule has 6 heteroatoms. The Balaban J connectivity index is 2.96. The van der Waals surface area contributed by atoms with Crippen LogP contribution in [0, 0.1) is 5.82 Å². The third-order valence-corrected chi connectivity index (χ3v) is 2.31. The summed E-state index contributed by atoms with van der Waals surface area (Å²) in [5.74, 6) is -2.97.